The van der Waals surface area contributed by atoms with Crippen molar-refractivity contribution in [3.8, 4) is 5.75 Å². The number of thioether (sulfide) groups is 1. The maximum absolute atomic E-state index is 11.4. The highest BCUT2D eigenvalue weighted by atomic mass is 32.2. The number of hydrogen-bond donors (Lipinski definition) is 2. The van der Waals surface area contributed by atoms with Gasteiger partial charge >= 0.3 is 11.9 Å². The molecule has 0 spiro atoms. The minimum Gasteiger partial charge on any atom is -0.508 e. The first kappa shape index (κ1) is 11.8. The average molecular weight is 253 g/mol. The maximum atomic E-state index is 11.4. The molecule has 0 saturated heterocycles. The molecule has 90 valence electrons. The van der Waals surface area contributed by atoms with Crippen molar-refractivity contribution < 1.29 is 19.8 Å². The minimum atomic E-state index is -1.45. The second kappa shape index (κ2) is 4.67. The van der Waals surface area contributed by atoms with Gasteiger partial charge in [-0.1, -0.05) is 0 Å². The van der Waals surface area contributed by atoms with Gasteiger partial charge < -0.3 is 15.1 Å². The summed E-state index contributed by atoms with van der Waals surface area (Å²) in [7, 11) is 0. The van der Waals surface area contributed by atoms with E-state index in [9.17, 15) is 14.7 Å². The lowest BCUT2D eigenvalue weighted by molar-refractivity contribution is -0.156. The van der Waals surface area contributed by atoms with Crippen LogP contribution in [0, 0.1) is 0 Å². The van der Waals surface area contributed by atoms with Gasteiger partial charge in [0.25, 0.3) is 0 Å². The number of hydrogen-bond acceptors (Lipinski definition) is 4. The molecule has 0 aromatic heterocycles. The SMILES string of the molecule is O=C(O)C(=O)N1CCSc2ccc(O)cc2C1. The summed E-state index contributed by atoms with van der Waals surface area (Å²) >= 11 is 1.55. The van der Waals surface area contributed by atoms with Crippen LogP contribution < -0.4 is 0 Å². The number of phenols is 1. The predicted molar refractivity (Wildman–Crippen MR) is 61.9 cm³/mol. The number of fused-ring (bicyclic) bond motifs is 1. The predicted octanol–water partition coefficient (Wildman–Crippen LogP) is 0.911. The van der Waals surface area contributed by atoms with Gasteiger partial charge in [-0.3, -0.25) is 4.79 Å². The highest BCUT2D eigenvalue weighted by Crippen LogP contribution is 2.29. The summed E-state index contributed by atoms with van der Waals surface area (Å²) in [6, 6.07) is 4.93. The van der Waals surface area contributed by atoms with Crippen molar-refractivity contribution in [2.75, 3.05) is 12.3 Å². The van der Waals surface area contributed by atoms with Gasteiger partial charge in [-0.25, -0.2) is 4.79 Å². The van der Waals surface area contributed by atoms with Crippen molar-refractivity contribution in [2.45, 2.75) is 11.4 Å². The van der Waals surface area contributed by atoms with Crippen molar-refractivity contribution in [1.29, 1.82) is 0 Å². The summed E-state index contributed by atoms with van der Waals surface area (Å²) < 4.78 is 0. The minimum absolute atomic E-state index is 0.119. The molecule has 0 bridgehead atoms. The van der Waals surface area contributed by atoms with Gasteiger partial charge in [0.15, 0.2) is 0 Å². The van der Waals surface area contributed by atoms with E-state index in [0.29, 0.717) is 12.3 Å². The Kier molecular flexibility index (Phi) is 3.23. The van der Waals surface area contributed by atoms with E-state index in [1.165, 1.54) is 4.90 Å². The first-order chi connectivity index (χ1) is 8.08. The van der Waals surface area contributed by atoms with Crippen LogP contribution in [0.4, 0.5) is 0 Å². The van der Waals surface area contributed by atoms with E-state index in [-0.39, 0.29) is 12.3 Å². The van der Waals surface area contributed by atoms with E-state index in [2.05, 4.69) is 0 Å². The number of carboxylic acids is 1. The van der Waals surface area contributed by atoms with Gasteiger partial charge in [0.2, 0.25) is 0 Å². The maximum Gasteiger partial charge on any atom is 0.394 e. The Bertz CT molecular complexity index is 475. The van der Waals surface area contributed by atoms with Gasteiger partial charge in [0.1, 0.15) is 5.75 Å². The van der Waals surface area contributed by atoms with Crippen LogP contribution in [0.2, 0.25) is 0 Å². The van der Waals surface area contributed by atoms with Gasteiger partial charge in [-0.2, -0.15) is 0 Å². The molecule has 1 heterocycles. The summed E-state index contributed by atoms with van der Waals surface area (Å²) in [6.07, 6.45) is 0. The van der Waals surface area contributed by atoms with Crippen molar-refractivity contribution in [1.82, 2.24) is 4.90 Å². The van der Waals surface area contributed by atoms with Crippen molar-refractivity contribution >= 4 is 23.6 Å². The molecule has 5 nitrogen and oxygen atoms in total. The molecule has 17 heavy (non-hydrogen) atoms. The van der Waals surface area contributed by atoms with Crippen LogP contribution in [-0.4, -0.2) is 39.3 Å². The number of phenolic OH excluding ortho intramolecular Hbond substituents is 1. The van der Waals surface area contributed by atoms with E-state index in [4.69, 9.17) is 5.11 Å². The molecule has 1 aliphatic rings. The monoisotopic (exact) mass is 253 g/mol. The van der Waals surface area contributed by atoms with Crippen LogP contribution in [0.1, 0.15) is 5.56 Å². The molecule has 0 aliphatic carbocycles. The van der Waals surface area contributed by atoms with Crippen LogP contribution >= 0.6 is 11.8 Å². The molecule has 0 saturated carbocycles. The summed E-state index contributed by atoms with van der Waals surface area (Å²) in [6.45, 7) is 0.618. The molecule has 1 aromatic carbocycles. The fourth-order valence-electron chi connectivity index (χ4n) is 1.69. The Balaban J connectivity index is 2.27. The lowest BCUT2D eigenvalue weighted by atomic mass is 10.2. The van der Waals surface area contributed by atoms with E-state index >= 15 is 0 Å². The molecule has 1 aliphatic heterocycles. The zero-order valence-electron chi connectivity index (χ0n) is 8.92. The highest BCUT2D eigenvalue weighted by molar-refractivity contribution is 7.99. The van der Waals surface area contributed by atoms with Crippen molar-refractivity contribution in [2.24, 2.45) is 0 Å². The second-order valence-electron chi connectivity index (χ2n) is 3.67. The van der Waals surface area contributed by atoms with Crippen LogP contribution in [0.5, 0.6) is 5.75 Å². The Labute approximate surface area is 102 Å². The van der Waals surface area contributed by atoms with Crippen LogP contribution in [-0.2, 0) is 16.1 Å². The number of aromatic hydroxyl groups is 1. The molecule has 0 unspecified atom stereocenters. The topological polar surface area (TPSA) is 77.8 Å². The molecule has 2 N–H and O–H groups in total. The van der Waals surface area contributed by atoms with Gasteiger partial charge in [0, 0.05) is 23.7 Å². The lowest BCUT2D eigenvalue weighted by Gasteiger charge is -2.17. The first-order valence-electron chi connectivity index (χ1n) is 5.05. The van der Waals surface area contributed by atoms with Crippen LogP contribution in [0.15, 0.2) is 23.1 Å². The van der Waals surface area contributed by atoms with Crippen molar-refractivity contribution in [3.05, 3.63) is 23.8 Å². The van der Waals surface area contributed by atoms with Crippen LogP contribution in [0.3, 0.4) is 0 Å². The zero-order chi connectivity index (χ0) is 12.4. The Hall–Kier alpha value is -1.69. The first-order valence-corrected chi connectivity index (χ1v) is 6.03. The van der Waals surface area contributed by atoms with E-state index in [0.717, 1.165) is 10.5 Å². The number of benzene rings is 1. The fourth-order valence-corrected chi connectivity index (χ4v) is 2.69. The van der Waals surface area contributed by atoms with Gasteiger partial charge in [-0.05, 0) is 23.8 Å². The Morgan fingerprint density at radius 2 is 2.12 bits per heavy atom. The average Bonchev–Trinajstić information content (AvgIpc) is 2.49. The molecular formula is C11H11NO4S. The number of carbonyl (C=O) groups is 2. The molecule has 0 atom stereocenters. The smallest absolute Gasteiger partial charge is 0.394 e. The Morgan fingerprint density at radius 1 is 1.35 bits per heavy atom. The zero-order valence-corrected chi connectivity index (χ0v) is 9.74. The van der Waals surface area contributed by atoms with Gasteiger partial charge in [-0.15, -0.1) is 11.8 Å². The number of amides is 1. The third kappa shape index (κ3) is 2.52. The fraction of sp³-hybridized carbons (Fsp3) is 0.273. The third-order valence-corrected chi connectivity index (χ3v) is 3.59. The molecular weight excluding hydrogens is 242 g/mol. The quantitative estimate of drug-likeness (QED) is 0.672. The van der Waals surface area contributed by atoms with E-state index < -0.39 is 11.9 Å². The van der Waals surface area contributed by atoms with Crippen molar-refractivity contribution in [3.63, 3.8) is 0 Å². The largest absolute Gasteiger partial charge is 0.508 e. The summed E-state index contributed by atoms with van der Waals surface area (Å²) in [5.74, 6) is -1.58. The van der Waals surface area contributed by atoms with Crippen LogP contribution in [0.25, 0.3) is 0 Å². The third-order valence-electron chi connectivity index (χ3n) is 2.49. The molecule has 2 rings (SSSR count). The Morgan fingerprint density at radius 3 is 2.82 bits per heavy atom. The molecule has 0 radical (unpaired) electrons. The number of carboxylic acid groups (broad SMARTS) is 1. The highest BCUT2D eigenvalue weighted by Gasteiger charge is 2.24. The normalized spacial score (nSPS) is 14.9. The van der Waals surface area contributed by atoms with E-state index in [1.54, 1.807) is 30.0 Å². The summed E-state index contributed by atoms with van der Waals surface area (Å²) in [5, 5.41) is 18.1. The standard InChI is InChI=1S/C11H11NO4S/c13-8-1-2-9-7(5-8)6-12(3-4-17-9)10(14)11(15)16/h1-2,5,13H,3-4,6H2,(H,15,16). The summed E-state index contributed by atoms with van der Waals surface area (Å²) in [4.78, 5) is 24.3. The number of aliphatic carboxylic acids is 1. The molecule has 6 heteroatoms. The van der Waals surface area contributed by atoms with Gasteiger partial charge in [0.05, 0.1) is 0 Å². The molecule has 1 aromatic rings. The number of rotatable bonds is 0. The second-order valence-corrected chi connectivity index (χ2v) is 4.81. The number of nitrogens with zero attached hydrogens (tertiary/aromatic N) is 1. The molecule has 0 fully saturated rings. The van der Waals surface area contributed by atoms with E-state index in [1.807, 2.05) is 0 Å². The molecule has 1 amide bonds. The summed E-state index contributed by atoms with van der Waals surface area (Å²) in [5.41, 5.74) is 0.780. The lowest BCUT2D eigenvalue weighted by Crippen LogP contribution is -2.36. The number of carbonyl (C=O) groups excluding carboxylic acids is 1.